The second-order valence-electron chi connectivity index (χ2n) is 5.39. The van der Waals surface area contributed by atoms with Crippen molar-refractivity contribution in [3.8, 4) is 11.8 Å². The molecular formula is C22H16O. The summed E-state index contributed by atoms with van der Waals surface area (Å²) in [4.78, 5) is 12.5. The topological polar surface area (TPSA) is 17.1 Å². The van der Waals surface area contributed by atoms with Gasteiger partial charge in [0.25, 0.3) is 0 Å². The minimum Gasteiger partial charge on any atom is -0.289 e. The van der Waals surface area contributed by atoms with Crippen molar-refractivity contribution >= 4 is 5.78 Å². The molecule has 3 aromatic carbocycles. The number of hydrogen-bond acceptors (Lipinski definition) is 1. The maximum absolute atomic E-state index is 12.5. The van der Waals surface area contributed by atoms with Gasteiger partial charge in [-0.1, -0.05) is 72.0 Å². The molecule has 0 unspecified atom stereocenters. The van der Waals surface area contributed by atoms with Crippen LogP contribution in [-0.2, 0) is 0 Å². The number of benzene rings is 3. The molecule has 0 N–H and O–H groups in total. The molecule has 0 amide bonds. The highest BCUT2D eigenvalue weighted by molar-refractivity contribution is 6.09. The third-order valence-corrected chi connectivity index (χ3v) is 3.56. The number of carbonyl (C=O) groups is 1. The Balaban J connectivity index is 1.87. The van der Waals surface area contributed by atoms with E-state index in [1.54, 1.807) is 0 Å². The van der Waals surface area contributed by atoms with E-state index in [1.807, 2.05) is 85.8 Å². The highest BCUT2D eigenvalue weighted by atomic mass is 16.1. The summed E-state index contributed by atoms with van der Waals surface area (Å²) in [5.41, 5.74) is 4.30. The molecule has 23 heavy (non-hydrogen) atoms. The first-order valence-corrected chi connectivity index (χ1v) is 7.51. The van der Waals surface area contributed by atoms with Gasteiger partial charge >= 0.3 is 0 Å². The Bertz CT molecular complexity index is 879. The van der Waals surface area contributed by atoms with Crippen molar-refractivity contribution in [2.75, 3.05) is 0 Å². The Morgan fingerprint density at radius 1 is 0.696 bits per heavy atom. The molecule has 110 valence electrons. The van der Waals surface area contributed by atoms with E-state index in [0.29, 0.717) is 11.1 Å². The zero-order valence-corrected chi connectivity index (χ0v) is 12.9. The van der Waals surface area contributed by atoms with Crippen molar-refractivity contribution in [1.29, 1.82) is 0 Å². The molecule has 0 aliphatic carbocycles. The molecule has 3 rings (SSSR count). The fourth-order valence-corrected chi connectivity index (χ4v) is 2.28. The fraction of sp³-hybridized carbons (Fsp3) is 0.0455. The molecule has 0 heterocycles. The first-order chi connectivity index (χ1) is 11.2. The van der Waals surface area contributed by atoms with E-state index in [9.17, 15) is 4.79 Å². The van der Waals surface area contributed by atoms with Crippen molar-refractivity contribution < 1.29 is 4.79 Å². The van der Waals surface area contributed by atoms with Crippen LogP contribution in [0.3, 0.4) is 0 Å². The van der Waals surface area contributed by atoms with Crippen LogP contribution in [0.15, 0.2) is 78.9 Å². The lowest BCUT2D eigenvalue weighted by Crippen LogP contribution is -2.01. The molecular weight excluding hydrogens is 280 g/mol. The van der Waals surface area contributed by atoms with E-state index in [1.165, 1.54) is 0 Å². The smallest absolute Gasteiger partial charge is 0.193 e. The van der Waals surface area contributed by atoms with Crippen LogP contribution >= 0.6 is 0 Å². The van der Waals surface area contributed by atoms with Crippen molar-refractivity contribution in [2.24, 2.45) is 0 Å². The predicted octanol–water partition coefficient (Wildman–Crippen LogP) is 4.63. The maximum Gasteiger partial charge on any atom is 0.193 e. The van der Waals surface area contributed by atoms with Crippen molar-refractivity contribution in [2.45, 2.75) is 6.92 Å². The summed E-state index contributed by atoms with van der Waals surface area (Å²) >= 11 is 0. The minimum atomic E-state index is 0.0216. The van der Waals surface area contributed by atoms with Gasteiger partial charge in [-0.3, -0.25) is 4.79 Å². The Hall–Kier alpha value is -3.11. The molecule has 0 atom stereocenters. The normalized spacial score (nSPS) is 9.78. The molecule has 0 radical (unpaired) electrons. The Morgan fingerprint density at radius 3 is 2.09 bits per heavy atom. The molecule has 0 fully saturated rings. The Morgan fingerprint density at radius 2 is 1.35 bits per heavy atom. The van der Waals surface area contributed by atoms with E-state index < -0.39 is 0 Å². The van der Waals surface area contributed by atoms with Crippen LogP contribution in [0.4, 0.5) is 0 Å². The summed E-state index contributed by atoms with van der Waals surface area (Å²) < 4.78 is 0. The van der Waals surface area contributed by atoms with Gasteiger partial charge in [-0.05, 0) is 31.2 Å². The van der Waals surface area contributed by atoms with Crippen LogP contribution < -0.4 is 0 Å². The van der Waals surface area contributed by atoms with Crippen LogP contribution in [0.1, 0.15) is 32.6 Å². The minimum absolute atomic E-state index is 0.0216. The number of carbonyl (C=O) groups excluding carboxylic acids is 1. The Kier molecular flexibility index (Phi) is 4.36. The Labute approximate surface area is 136 Å². The van der Waals surface area contributed by atoms with Crippen LogP contribution in [0.5, 0.6) is 0 Å². The second kappa shape index (κ2) is 6.77. The van der Waals surface area contributed by atoms with Gasteiger partial charge in [-0.15, -0.1) is 0 Å². The zero-order chi connectivity index (χ0) is 16.1. The van der Waals surface area contributed by atoms with Crippen molar-refractivity contribution in [3.63, 3.8) is 0 Å². The lowest BCUT2D eigenvalue weighted by atomic mass is 10.0. The molecule has 0 aliphatic rings. The molecule has 0 aromatic heterocycles. The molecule has 0 spiro atoms. The molecule has 0 saturated carbocycles. The summed E-state index contributed by atoms with van der Waals surface area (Å²) in [7, 11) is 0. The monoisotopic (exact) mass is 296 g/mol. The van der Waals surface area contributed by atoms with Crippen molar-refractivity contribution in [1.82, 2.24) is 0 Å². The van der Waals surface area contributed by atoms with Crippen LogP contribution in [-0.4, -0.2) is 5.78 Å². The molecule has 1 nitrogen and oxygen atoms in total. The number of rotatable bonds is 2. The standard InChI is InChI=1S/C22H16O/c1-17-10-14-20(15-11-17)22(23)21-9-5-8-19(16-21)13-12-18-6-3-2-4-7-18/h2-11,14-16H,1H3. The predicted molar refractivity (Wildman–Crippen MR) is 93.5 cm³/mol. The third-order valence-electron chi connectivity index (χ3n) is 3.56. The second-order valence-corrected chi connectivity index (χ2v) is 5.39. The molecule has 1 heteroatoms. The van der Waals surface area contributed by atoms with Gasteiger partial charge in [0.1, 0.15) is 0 Å². The molecule has 3 aromatic rings. The SMILES string of the molecule is Cc1ccc(C(=O)c2cccc(C#Cc3ccccc3)c2)cc1. The van der Waals surface area contributed by atoms with Gasteiger partial charge in [-0.25, -0.2) is 0 Å². The summed E-state index contributed by atoms with van der Waals surface area (Å²) in [6.45, 7) is 2.01. The van der Waals surface area contributed by atoms with Crippen molar-refractivity contribution in [3.05, 3.63) is 107 Å². The summed E-state index contributed by atoms with van der Waals surface area (Å²) in [5.74, 6) is 6.25. The van der Waals surface area contributed by atoms with Gasteiger partial charge < -0.3 is 0 Å². The third kappa shape index (κ3) is 3.75. The molecule has 0 bridgehead atoms. The lowest BCUT2D eigenvalue weighted by molar-refractivity contribution is 0.103. The average molecular weight is 296 g/mol. The largest absolute Gasteiger partial charge is 0.289 e. The van der Waals surface area contributed by atoms with Crippen LogP contribution in [0.2, 0.25) is 0 Å². The summed E-state index contributed by atoms with van der Waals surface area (Å²) in [6.07, 6.45) is 0. The van der Waals surface area contributed by atoms with Crippen LogP contribution in [0, 0.1) is 18.8 Å². The fourth-order valence-electron chi connectivity index (χ4n) is 2.28. The first kappa shape index (κ1) is 14.8. The molecule has 0 aliphatic heterocycles. The van der Waals surface area contributed by atoms with Gasteiger partial charge in [0, 0.05) is 22.3 Å². The van der Waals surface area contributed by atoms with E-state index in [4.69, 9.17) is 0 Å². The average Bonchev–Trinajstić information content (AvgIpc) is 2.61. The highest BCUT2D eigenvalue weighted by Crippen LogP contribution is 2.12. The van der Waals surface area contributed by atoms with Gasteiger partial charge in [-0.2, -0.15) is 0 Å². The summed E-state index contributed by atoms with van der Waals surface area (Å²) in [5, 5.41) is 0. The highest BCUT2D eigenvalue weighted by Gasteiger charge is 2.08. The number of aryl methyl sites for hydroxylation is 1. The number of hydrogen-bond donors (Lipinski definition) is 0. The van der Waals surface area contributed by atoms with E-state index in [2.05, 4.69) is 11.8 Å². The lowest BCUT2D eigenvalue weighted by Gasteiger charge is -2.02. The van der Waals surface area contributed by atoms with E-state index in [0.717, 1.165) is 16.7 Å². The van der Waals surface area contributed by atoms with Gasteiger partial charge in [0.2, 0.25) is 0 Å². The van der Waals surface area contributed by atoms with E-state index in [-0.39, 0.29) is 5.78 Å². The number of ketones is 1. The maximum atomic E-state index is 12.5. The zero-order valence-electron chi connectivity index (χ0n) is 12.9. The van der Waals surface area contributed by atoms with Crippen LogP contribution in [0.25, 0.3) is 0 Å². The quantitative estimate of drug-likeness (QED) is 0.498. The van der Waals surface area contributed by atoms with Gasteiger partial charge in [0.05, 0.1) is 0 Å². The van der Waals surface area contributed by atoms with E-state index >= 15 is 0 Å². The molecule has 0 saturated heterocycles. The first-order valence-electron chi connectivity index (χ1n) is 7.51. The van der Waals surface area contributed by atoms with Gasteiger partial charge in [0.15, 0.2) is 5.78 Å². The summed E-state index contributed by atoms with van der Waals surface area (Å²) in [6, 6.07) is 24.9.